The molecule has 0 spiro atoms. The van der Waals surface area contributed by atoms with Gasteiger partial charge in [0.25, 0.3) is 5.91 Å². The third kappa shape index (κ3) is 4.15. The minimum Gasteiger partial charge on any atom is -0.318 e. The molecule has 138 valence electrons. The van der Waals surface area contributed by atoms with Crippen LogP contribution in [0.1, 0.15) is 32.9 Å². The highest BCUT2D eigenvalue weighted by Crippen LogP contribution is 2.24. The van der Waals surface area contributed by atoms with Crippen LogP contribution in [0.5, 0.6) is 0 Å². The molecular weight excluding hydrogens is 426 g/mol. The van der Waals surface area contributed by atoms with Gasteiger partial charge in [0.15, 0.2) is 0 Å². The maximum atomic E-state index is 12.2. The van der Waals surface area contributed by atoms with Gasteiger partial charge in [-0.1, -0.05) is 29.8 Å². The van der Waals surface area contributed by atoms with Crippen LogP contribution in [0.3, 0.4) is 0 Å². The van der Waals surface area contributed by atoms with Crippen LogP contribution < -0.4 is 5.43 Å². The zero-order valence-electron chi connectivity index (χ0n) is 15.3. The maximum Gasteiger partial charge on any atom is 0.272 e. The molecule has 0 aliphatic rings. The van der Waals surface area contributed by atoms with E-state index in [4.69, 9.17) is 11.6 Å². The quantitative estimate of drug-likeness (QED) is 0.414. The summed E-state index contributed by atoms with van der Waals surface area (Å²) in [4.78, 5) is 12.2. The third-order valence-electron chi connectivity index (χ3n) is 4.37. The number of aromatic nitrogens is 1. The Morgan fingerprint density at radius 3 is 2.59 bits per heavy atom. The van der Waals surface area contributed by atoms with Crippen molar-refractivity contribution in [3.05, 3.63) is 86.1 Å². The lowest BCUT2D eigenvalue weighted by atomic mass is 10.2. The summed E-state index contributed by atoms with van der Waals surface area (Å²) in [6, 6.07) is 15.2. The van der Waals surface area contributed by atoms with Crippen LogP contribution >= 0.6 is 27.5 Å². The van der Waals surface area contributed by atoms with E-state index in [1.165, 1.54) is 0 Å². The molecule has 1 heterocycles. The van der Waals surface area contributed by atoms with E-state index in [2.05, 4.69) is 31.0 Å². The first-order chi connectivity index (χ1) is 12.9. The highest BCUT2D eigenvalue weighted by Gasteiger charge is 2.11. The Balaban J connectivity index is 1.82. The van der Waals surface area contributed by atoms with Crippen LogP contribution in [0.4, 0.5) is 0 Å². The number of carbonyl (C=O) groups is 1. The van der Waals surface area contributed by atoms with Crippen molar-refractivity contribution in [3.8, 4) is 5.69 Å². The Kier molecular flexibility index (Phi) is 5.82. The highest BCUT2D eigenvalue weighted by molar-refractivity contribution is 9.10. The van der Waals surface area contributed by atoms with Crippen molar-refractivity contribution in [3.63, 3.8) is 0 Å². The SMILES string of the molecule is Cc1ccc(-n2c(C)cc(/C=N\NC(=O)c3ccccc3Br)c2C)cc1Cl. The summed E-state index contributed by atoms with van der Waals surface area (Å²) in [6.45, 7) is 6.02. The van der Waals surface area contributed by atoms with Gasteiger partial charge in [-0.25, -0.2) is 5.43 Å². The number of hydrazone groups is 1. The molecule has 0 bridgehead atoms. The molecule has 1 amide bonds. The molecule has 0 saturated heterocycles. The Labute approximate surface area is 172 Å². The number of carbonyl (C=O) groups excluding carboxylic acids is 1. The Bertz CT molecular complexity index is 1040. The number of hydrogen-bond donors (Lipinski definition) is 1. The van der Waals surface area contributed by atoms with E-state index in [0.717, 1.165) is 37.7 Å². The number of hydrogen-bond acceptors (Lipinski definition) is 2. The molecule has 0 aliphatic heterocycles. The van der Waals surface area contributed by atoms with Gasteiger partial charge in [-0.2, -0.15) is 5.10 Å². The summed E-state index contributed by atoms with van der Waals surface area (Å²) < 4.78 is 2.84. The van der Waals surface area contributed by atoms with Crippen molar-refractivity contribution in [1.29, 1.82) is 0 Å². The molecule has 0 aliphatic carbocycles. The van der Waals surface area contributed by atoms with Gasteiger partial charge in [0, 0.05) is 32.1 Å². The van der Waals surface area contributed by atoms with E-state index in [1.54, 1.807) is 12.3 Å². The second kappa shape index (κ2) is 8.11. The van der Waals surface area contributed by atoms with Crippen LogP contribution in [0, 0.1) is 20.8 Å². The predicted molar refractivity (Wildman–Crippen MR) is 114 cm³/mol. The van der Waals surface area contributed by atoms with Crippen molar-refractivity contribution < 1.29 is 4.79 Å². The normalized spacial score (nSPS) is 11.1. The lowest BCUT2D eigenvalue weighted by molar-refractivity contribution is 0.0954. The van der Waals surface area contributed by atoms with Crippen LogP contribution in [0.2, 0.25) is 5.02 Å². The summed E-state index contributed by atoms with van der Waals surface area (Å²) >= 11 is 9.64. The first kappa shape index (κ1) is 19.4. The molecule has 3 aromatic rings. The Morgan fingerprint density at radius 1 is 1.15 bits per heavy atom. The number of nitrogens with zero attached hydrogens (tertiary/aromatic N) is 2. The molecule has 0 radical (unpaired) electrons. The minimum atomic E-state index is -0.266. The fourth-order valence-corrected chi connectivity index (χ4v) is 3.54. The molecular formula is C21H19BrClN3O. The van der Waals surface area contributed by atoms with Crippen molar-refractivity contribution in [1.82, 2.24) is 9.99 Å². The molecule has 27 heavy (non-hydrogen) atoms. The fraction of sp³-hybridized carbons (Fsp3) is 0.143. The van der Waals surface area contributed by atoms with Gasteiger partial charge >= 0.3 is 0 Å². The number of halogens is 2. The lowest BCUT2D eigenvalue weighted by Crippen LogP contribution is -2.18. The molecule has 0 saturated carbocycles. The standard InChI is InChI=1S/C21H19BrClN3O/c1-13-8-9-17(11-20(13)23)26-14(2)10-16(15(26)3)12-24-25-21(27)18-6-4-5-7-19(18)22/h4-12H,1-3H3,(H,25,27)/b24-12-. The van der Waals surface area contributed by atoms with E-state index in [1.807, 2.05) is 63.2 Å². The van der Waals surface area contributed by atoms with Crippen LogP contribution in [0.15, 0.2) is 58.1 Å². The van der Waals surface area contributed by atoms with Crippen molar-refractivity contribution in [2.24, 2.45) is 5.10 Å². The number of aryl methyl sites for hydroxylation is 2. The summed E-state index contributed by atoms with van der Waals surface area (Å²) in [6.07, 6.45) is 1.66. The number of rotatable bonds is 4. The van der Waals surface area contributed by atoms with E-state index in [-0.39, 0.29) is 5.91 Å². The smallest absolute Gasteiger partial charge is 0.272 e. The molecule has 4 nitrogen and oxygen atoms in total. The van der Waals surface area contributed by atoms with Gasteiger partial charge in [0.2, 0.25) is 0 Å². The predicted octanol–water partition coefficient (Wildman–Crippen LogP) is 5.58. The summed E-state index contributed by atoms with van der Waals surface area (Å²) in [5.74, 6) is -0.266. The topological polar surface area (TPSA) is 46.4 Å². The summed E-state index contributed by atoms with van der Waals surface area (Å²) in [5.41, 5.74) is 8.15. The first-order valence-corrected chi connectivity index (χ1v) is 9.59. The van der Waals surface area contributed by atoms with E-state index in [9.17, 15) is 4.79 Å². The van der Waals surface area contributed by atoms with Crippen molar-refractivity contribution >= 4 is 39.7 Å². The van der Waals surface area contributed by atoms with Crippen molar-refractivity contribution in [2.75, 3.05) is 0 Å². The fourth-order valence-electron chi connectivity index (χ4n) is 2.90. The van der Waals surface area contributed by atoms with Crippen LogP contribution in [-0.4, -0.2) is 16.7 Å². The largest absolute Gasteiger partial charge is 0.318 e. The second-order valence-corrected chi connectivity index (χ2v) is 7.54. The van der Waals surface area contributed by atoms with Gasteiger partial charge in [0.1, 0.15) is 0 Å². The van der Waals surface area contributed by atoms with Crippen LogP contribution in [-0.2, 0) is 0 Å². The maximum absolute atomic E-state index is 12.2. The summed E-state index contributed by atoms with van der Waals surface area (Å²) in [5, 5.41) is 4.85. The average Bonchev–Trinajstić information content (AvgIpc) is 2.91. The molecule has 0 fully saturated rings. The van der Waals surface area contributed by atoms with Gasteiger partial charge in [-0.05, 0) is 72.6 Å². The molecule has 0 unspecified atom stereocenters. The van der Waals surface area contributed by atoms with Gasteiger partial charge in [0.05, 0.1) is 11.8 Å². The van der Waals surface area contributed by atoms with Gasteiger partial charge < -0.3 is 4.57 Å². The van der Waals surface area contributed by atoms with E-state index in [0.29, 0.717) is 5.56 Å². The summed E-state index contributed by atoms with van der Waals surface area (Å²) in [7, 11) is 0. The first-order valence-electron chi connectivity index (χ1n) is 8.42. The van der Waals surface area contributed by atoms with Crippen LogP contribution in [0.25, 0.3) is 5.69 Å². The highest BCUT2D eigenvalue weighted by atomic mass is 79.9. The van der Waals surface area contributed by atoms with E-state index >= 15 is 0 Å². The number of benzene rings is 2. The Morgan fingerprint density at radius 2 is 1.89 bits per heavy atom. The zero-order valence-corrected chi connectivity index (χ0v) is 17.6. The monoisotopic (exact) mass is 443 g/mol. The third-order valence-corrected chi connectivity index (χ3v) is 5.47. The molecule has 3 rings (SSSR count). The van der Waals surface area contributed by atoms with Gasteiger partial charge in [-0.3, -0.25) is 4.79 Å². The van der Waals surface area contributed by atoms with Crippen molar-refractivity contribution in [2.45, 2.75) is 20.8 Å². The molecule has 0 atom stereocenters. The average molecular weight is 445 g/mol. The lowest BCUT2D eigenvalue weighted by Gasteiger charge is -2.11. The minimum absolute atomic E-state index is 0.266. The zero-order chi connectivity index (χ0) is 19.6. The molecule has 2 aromatic carbocycles. The Hall–Kier alpha value is -2.37. The molecule has 6 heteroatoms. The van der Waals surface area contributed by atoms with E-state index < -0.39 is 0 Å². The number of nitrogens with one attached hydrogen (secondary N) is 1. The molecule has 1 N–H and O–H groups in total. The molecule has 1 aromatic heterocycles. The number of amides is 1. The second-order valence-electron chi connectivity index (χ2n) is 6.27. The van der Waals surface area contributed by atoms with Gasteiger partial charge in [-0.15, -0.1) is 0 Å².